The predicted octanol–water partition coefficient (Wildman–Crippen LogP) is 4.16. The van der Waals surface area contributed by atoms with Gasteiger partial charge < -0.3 is 0 Å². The molecule has 0 aliphatic carbocycles. The SMILES string of the molecule is Cc1ccc(CCCCBr)cc1C#Cc1cnc2cccnn12. The van der Waals surface area contributed by atoms with Gasteiger partial charge in [-0.25, -0.2) is 9.50 Å². The normalized spacial score (nSPS) is 10.5. The quantitative estimate of drug-likeness (QED) is 0.393. The molecule has 3 nitrogen and oxygen atoms in total. The van der Waals surface area contributed by atoms with Crippen LogP contribution < -0.4 is 0 Å². The molecular formula is C19H18BrN3. The molecule has 0 bridgehead atoms. The van der Waals surface area contributed by atoms with Crippen LogP contribution in [-0.2, 0) is 6.42 Å². The van der Waals surface area contributed by atoms with Gasteiger partial charge in [0.2, 0.25) is 0 Å². The number of rotatable bonds is 4. The van der Waals surface area contributed by atoms with Crippen molar-refractivity contribution in [3.63, 3.8) is 0 Å². The van der Waals surface area contributed by atoms with Crippen LogP contribution >= 0.6 is 15.9 Å². The van der Waals surface area contributed by atoms with Crippen LogP contribution in [0.5, 0.6) is 0 Å². The van der Waals surface area contributed by atoms with Crippen LogP contribution in [0.15, 0.2) is 42.7 Å². The van der Waals surface area contributed by atoms with Gasteiger partial charge in [0.15, 0.2) is 5.65 Å². The Labute approximate surface area is 144 Å². The third-order valence-corrected chi connectivity index (χ3v) is 4.31. The molecular weight excluding hydrogens is 350 g/mol. The van der Waals surface area contributed by atoms with Crippen molar-refractivity contribution >= 4 is 21.6 Å². The van der Waals surface area contributed by atoms with Crippen LogP contribution in [0.1, 0.15) is 35.2 Å². The van der Waals surface area contributed by atoms with Crippen LogP contribution in [0.2, 0.25) is 0 Å². The van der Waals surface area contributed by atoms with Crippen molar-refractivity contribution in [1.29, 1.82) is 0 Å². The van der Waals surface area contributed by atoms with E-state index in [0.29, 0.717) is 0 Å². The highest BCUT2D eigenvalue weighted by atomic mass is 79.9. The van der Waals surface area contributed by atoms with Crippen LogP contribution in [0.25, 0.3) is 5.65 Å². The van der Waals surface area contributed by atoms with Gasteiger partial charge in [-0.1, -0.05) is 34.0 Å². The molecule has 0 radical (unpaired) electrons. The average Bonchev–Trinajstić information content (AvgIpc) is 2.99. The van der Waals surface area contributed by atoms with E-state index in [1.807, 2.05) is 12.1 Å². The van der Waals surface area contributed by atoms with Gasteiger partial charge in [-0.05, 0) is 61.4 Å². The number of aromatic nitrogens is 3. The number of nitrogens with zero attached hydrogens (tertiary/aromatic N) is 3. The Bertz CT molecular complexity index is 871. The Kier molecular flexibility index (Phi) is 5.09. The highest BCUT2D eigenvalue weighted by Crippen LogP contribution is 2.13. The van der Waals surface area contributed by atoms with Crippen molar-refractivity contribution in [3.05, 3.63) is 65.1 Å². The largest absolute Gasteiger partial charge is 0.234 e. The number of halogens is 1. The maximum absolute atomic E-state index is 4.31. The Morgan fingerprint density at radius 2 is 2.09 bits per heavy atom. The molecule has 116 valence electrons. The third-order valence-electron chi connectivity index (χ3n) is 3.75. The first-order valence-electron chi connectivity index (χ1n) is 7.74. The first-order chi connectivity index (χ1) is 11.3. The van der Waals surface area contributed by atoms with Crippen molar-refractivity contribution in [1.82, 2.24) is 14.6 Å². The van der Waals surface area contributed by atoms with Crippen molar-refractivity contribution in [2.75, 3.05) is 5.33 Å². The topological polar surface area (TPSA) is 30.2 Å². The number of aryl methyl sites for hydroxylation is 2. The summed E-state index contributed by atoms with van der Waals surface area (Å²) >= 11 is 3.48. The van der Waals surface area contributed by atoms with E-state index >= 15 is 0 Å². The van der Waals surface area contributed by atoms with Gasteiger partial charge in [0.05, 0.1) is 6.20 Å². The number of unbranched alkanes of at least 4 members (excludes halogenated alkanes) is 1. The molecule has 1 aromatic carbocycles. The summed E-state index contributed by atoms with van der Waals surface area (Å²) in [4.78, 5) is 4.31. The number of hydrogen-bond donors (Lipinski definition) is 0. The molecule has 0 aliphatic rings. The summed E-state index contributed by atoms with van der Waals surface area (Å²) in [5.41, 5.74) is 5.24. The lowest BCUT2D eigenvalue weighted by Crippen LogP contribution is -1.93. The summed E-state index contributed by atoms with van der Waals surface area (Å²) in [5, 5.41) is 5.35. The van der Waals surface area contributed by atoms with E-state index < -0.39 is 0 Å². The molecule has 3 aromatic rings. The van der Waals surface area contributed by atoms with E-state index in [1.54, 1.807) is 16.9 Å². The Morgan fingerprint density at radius 1 is 1.17 bits per heavy atom. The summed E-state index contributed by atoms with van der Waals surface area (Å²) < 4.78 is 1.77. The van der Waals surface area contributed by atoms with Gasteiger partial charge in [0, 0.05) is 17.1 Å². The van der Waals surface area contributed by atoms with Gasteiger partial charge in [0.25, 0.3) is 0 Å². The molecule has 0 N–H and O–H groups in total. The molecule has 0 saturated heterocycles. The second-order valence-electron chi connectivity index (χ2n) is 5.48. The molecule has 0 spiro atoms. The first kappa shape index (κ1) is 15.8. The summed E-state index contributed by atoms with van der Waals surface area (Å²) in [5.74, 6) is 6.48. The minimum absolute atomic E-state index is 0.810. The molecule has 0 amide bonds. The number of imidazole rings is 1. The number of hydrogen-bond acceptors (Lipinski definition) is 2. The summed E-state index contributed by atoms with van der Waals surface area (Å²) in [6, 6.07) is 10.4. The summed E-state index contributed by atoms with van der Waals surface area (Å²) in [7, 11) is 0. The second-order valence-corrected chi connectivity index (χ2v) is 6.28. The van der Waals surface area contributed by atoms with Gasteiger partial charge in [0.1, 0.15) is 5.69 Å². The van der Waals surface area contributed by atoms with Crippen molar-refractivity contribution < 1.29 is 0 Å². The van der Waals surface area contributed by atoms with E-state index in [-0.39, 0.29) is 0 Å². The van der Waals surface area contributed by atoms with Crippen molar-refractivity contribution in [2.24, 2.45) is 0 Å². The number of fused-ring (bicyclic) bond motifs is 1. The zero-order valence-corrected chi connectivity index (χ0v) is 14.7. The maximum Gasteiger partial charge on any atom is 0.154 e. The highest BCUT2D eigenvalue weighted by molar-refractivity contribution is 9.09. The lowest BCUT2D eigenvalue weighted by molar-refractivity contribution is 0.805. The smallest absolute Gasteiger partial charge is 0.154 e. The second kappa shape index (κ2) is 7.43. The molecule has 3 rings (SSSR count). The van der Waals surface area contributed by atoms with E-state index in [2.05, 4.69) is 63.0 Å². The van der Waals surface area contributed by atoms with Crippen LogP contribution in [0, 0.1) is 18.8 Å². The Hall–Kier alpha value is -2.12. The van der Waals surface area contributed by atoms with Crippen molar-refractivity contribution in [2.45, 2.75) is 26.2 Å². The molecule has 0 unspecified atom stereocenters. The Balaban J connectivity index is 1.86. The fourth-order valence-electron chi connectivity index (χ4n) is 2.43. The molecule has 0 atom stereocenters. The van der Waals surface area contributed by atoms with Crippen LogP contribution in [0.4, 0.5) is 0 Å². The zero-order chi connectivity index (χ0) is 16.1. The molecule has 0 fully saturated rings. The molecule has 2 aromatic heterocycles. The standard InChI is InChI=1S/C19H18BrN3/c1-15-7-8-16(5-2-3-11-20)13-17(15)9-10-18-14-21-19-6-4-12-22-23(18)19/h4,6-8,12-14H,2-3,5,11H2,1H3. The lowest BCUT2D eigenvalue weighted by atomic mass is 10.0. The zero-order valence-electron chi connectivity index (χ0n) is 13.1. The minimum Gasteiger partial charge on any atom is -0.234 e. The van der Waals surface area contributed by atoms with E-state index in [4.69, 9.17) is 0 Å². The molecule has 23 heavy (non-hydrogen) atoms. The number of benzene rings is 1. The molecule has 4 heteroatoms. The average molecular weight is 368 g/mol. The van der Waals surface area contributed by atoms with Gasteiger partial charge in [-0.15, -0.1) is 0 Å². The third kappa shape index (κ3) is 3.80. The van der Waals surface area contributed by atoms with Crippen LogP contribution in [0.3, 0.4) is 0 Å². The summed E-state index contributed by atoms with van der Waals surface area (Å²) in [6.07, 6.45) is 7.00. The summed E-state index contributed by atoms with van der Waals surface area (Å²) in [6.45, 7) is 2.10. The lowest BCUT2D eigenvalue weighted by Gasteiger charge is -2.04. The minimum atomic E-state index is 0.810. The van der Waals surface area contributed by atoms with Gasteiger partial charge in [-0.3, -0.25) is 0 Å². The monoisotopic (exact) mass is 367 g/mol. The highest BCUT2D eigenvalue weighted by Gasteiger charge is 2.01. The van der Waals surface area contributed by atoms with E-state index in [0.717, 1.165) is 28.7 Å². The Morgan fingerprint density at radius 3 is 2.96 bits per heavy atom. The van der Waals surface area contributed by atoms with Gasteiger partial charge in [-0.2, -0.15) is 5.10 Å². The molecule has 0 saturated carbocycles. The van der Waals surface area contributed by atoms with Crippen LogP contribution in [-0.4, -0.2) is 19.9 Å². The molecule has 0 aliphatic heterocycles. The first-order valence-corrected chi connectivity index (χ1v) is 8.86. The van der Waals surface area contributed by atoms with E-state index in [1.165, 1.54) is 24.0 Å². The molecule has 2 heterocycles. The van der Waals surface area contributed by atoms with Gasteiger partial charge >= 0.3 is 0 Å². The fourth-order valence-corrected chi connectivity index (χ4v) is 2.83. The fraction of sp³-hybridized carbons (Fsp3) is 0.263. The van der Waals surface area contributed by atoms with E-state index in [9.17, 15) is 0 Å². The predicted molar refractivity (Wildman–Crippen MR) is 96.9 cm³/mol. The number of alkyl halides is 1. The van der Waals surface area contributed by atoms with Crippen molar-refractivity contribution in [3.8, 4) is 11.8 Å². The maximum atomic E-state index is 4.31.